The first-order chi connectivity index (χ1) is 13.0. The minimum absolute atomic E-state index is 0.0123. The molecule has 0 saturated carbocycles. The molecule has 1 unspecified atom stereocenters. The van der Waals surface area contributed by atoms with E-state index in [-0.39, 0.29) is 23.8 Å². The van der Waals surface area contributed by atoms with Crippen molar-refractivity contribution < 1.29 is 17.9 Å². The van der Waals surface area contributed by atoms with Crippen molar-refractivity contribution >= 4 is 5.65 Å². The normalized spacial score (nSPS) is 13.7. The van der Waals surface area contributed by atoms with Crippen molar-refractivity contribution in [2.45, 2.75) is 39.4 Å². The summed E-state index contributed by atoms with van der Waals surface area (Å²) in [5.41, 5.74) is 6.57. The van der Waals surface area contributed by atoms with Crippen molar-refractivity contribution in [3.63, 3.8) is 0 Å². The first-order valence-corrected chi connectivity index (χ1v) is 8.93. The molecule has 2 heterocycles. The average Bonchev–Trinajstić information content (AvgIpc) is 3.06. The standard InChI is InChI=1S/C20H23F3N4O/c1-19(2,3)11-14(24)12-28-17-5-4-13(10-15(17)20(21,22)23)16-6-8-25-18-7-9-26-27(16)18/h4-10,14H,11-12,24H2,1-3H3. The Kier molecular flexibility index (Phi) is 5.34. The van der Waals surface area contributed by atoms with E-state index in [0.29, 0.717) is 23.3 Å². The average molecular weight is 392 g/mol. The van der Waals surface area contributed by atoms with Crippen LogP contribution in [0.15, 0.2) is 42.7 Å². The summed E-state index contributed by atoms with van der Waals surface area (Å²) in [7, 11) is 0. The van der Waals surface area contributed by atoms with Crippen LogP contribution >= 0.6 is 0 Å². The predicted molar refractivity (Wildman–Crippen MR) is 101 cm³/mol. The third kappa shape index (κ3) is 4.62. The molecule has 0 radical (unpaired) electrons. The van der Waals surface area contributed by atoms with E-state index >= 15 is 0 Å². The lowest BCUT2D eigenvalue weighted by molar-refractivity contribution is -0.139. The van der Waals surface area contributed by atoms with Crippen LogP contribution in [0.1, 0.15) is 32.8 Å². The number of fused-ring (bicyclic) bond motifs is 1. The van der Waals surface area contributed by atoms with Gasteiger partial charge in [0.05, 0.1) is 17.5 Å². The van der Waals surface area contributed by atoms with E-state index in [1.54, 1.807) is 24.4 Å². The highest BCUT2D eigenvalue weighted by molar-refractivity contribution is 5.65. The molecule has 0 saturated heterocycles. The van der Waals surface area contributed by atoms with Gasteiger partial charge in [-0.05, 0) is 36.1 Å². The van der Waals surface area contributed by atoms with Gasteiger partial charge in [-0.1, -0.05) is 20.8 Å². The molecule has 28 heavy (non-hydrogen) atoms. The van der Waals surface area contributed by atoms with E-state index < -0.39 is 11.7 Å². The number of hydrogen-bond donors (Lipinski definition) is 1. The first-order valence-electron chi connectivity index (χ1n) is 8.93. The van der Waals surface area contributed by atoms with Gasteiger partial charge in [0.25, 0.3) is 0 Å². The lowest BCUT2D eigenvalue weighted by Crippen LogP contribution is -2.32. The molecule has 0 aliphatic rings. The molecule has 0 bridgehead atoms. The molecular weight excluding hydrogens is 369 g/mol. The maximum absolute atomic E-state index is 13.6. The van der Waals surface area contributed by atoms with Crippen LogP contribution in [0.2, 0.25) is 0 Å². The lowest BCUT2D eigenvalue weighted by Gasteiger charge is -2.24. The van der Waals surface area contributed by atoms with Crippen LogP contribution in [0, 0.1) is 5.41 Å². The van der Waals surface area contributed by atoms with E-state index in [4.69, 9.17) is 10.5 Å². The Labute approximate surface area is 161 Å². The third-order valence-electron chi connectivity index (χ3n) is 4.20. The second-order valence-electron chi connectivity index (χ2n) is 7.98. The highest BCUT2D eigenvalue weighted by atomic mass is 19.4. The molecule has 0 amide bonds. The van der Waals surface area contributed by atoms with E-state index in [9.17, 15) is 13.2 Å². The van der Waals surface area contributed by atoms with Gasteiger partial charge in [-0.3, -0.25) is 0 Å². The Bertz CT molecular complexity index is 960. The molecular formula is C20H23F3N4O. The summed E-state index contributed by atoms with van der Waals surface area (Å²) in [6.45, 7) is 6.08. The second kappa shape index (κ2) is 7.43. The Hall–Kier alpha value is -2.61. The van der Waals surface area contributed by atoms with Gasteiger partial charge in [0.15, 0.2) is 5.65 Å². The Morgan fingerprint density at radius 1 is 1.11 bits per heavy atom. The van der Waals surface area contributed by atoms with Gasteiger partial charge >= 0.3 is 6.18 Å². The molecule has 2 N–H and O–H groups in total. The van der Waals surface area contributed by atoms with Crippen LogP contribution in [0.25, 0.3) is 16.9 Å². The molecule has 3 aromatic rings. The van der Waals surface area contributed by atoms with Crippen molar-refractivity contribution in [3.05, 3.63) is 48.3 Å². The number of alkyl halides is 3. The summed E-state index contributed by atoms with van der Waals surface area (Å²) in [4.78, 5) is 4.13. The maximum atomic E-state index is 13.6. The molecule has 1 aromatic carbocycles. The van der Waals surface area contributed by atoms with Gasteiger partial charge in [0.2, 0.25) is 0 Å². The van der Waals surface area contributed by atoms with E-state index in [1.165, 1.54) is 16.8 Å². The zero-order valence-corrected chi connectivity index (χ0v) is 16.0. The van der Waals surface area contributed by atoms with Crippen molar-refractivity contribution in [2.75, 3.05) is 6.61 Å². The summed E-state index contributed by atoms with van der Waals surface area (Å²) in [6, 6.07) is 6.93. The van der Waals surface area contributed by atoms with Gasteiger partial charge in [-0.25, -0.2) is 9.50 Å². The van der Waals surface area contributed by atoms with Crippen LogP contribution in [0.3, 0.4) is 0 Å². The van der Waals surface area contributed by atoms with E-state index in [1.807, 2.05) is 20.8 Å². The fraction of sp³-hybridized carbons (Fsp3) is 0.400. The third-order valence-corrected chi connectivity index (χ3v) is 4.20. The number of aromatic nitrogens is 3. The van der Waals surface area contributed by atoms with Crippen LogP contribution in [0.5, 0.6) is 5.75 Å². The van der Waals surface area contributed by atoms with Crippen LogP contribution in [-0.4, -0.2) is 27.2 Å². The molecule has 5 nitrogen and oxygen atoms in total. The smallest absolute Gasteiger partial charge is 0.419 e. The van der Waals surface area contributed by atoms with Crippen LogP contribution < -0.4 is 10.5 Å². The van der Waals surface area contributed by atoms with Gasteiger partial charge < -0.3 is 10.5 Å². The number of benzene rings is 1. The molecule has 0 fully saturated rings. The van der Waals surface area contributed by atoms with Crippen molar-refractivity contribution in [3.8, 4) is 17.0 Å². The number of rotatable bonds is 5. The number of ether oxygens (including phenoxy) is 1. The van der Waals surface area contributed by atoms with Crippen molar-refractivity contribution in [2.24, 2.45) is 11.1 Å². The summed E-state index contributed by atoms with van der Waals surface area (Å²) in [6.07, 6.45) is -0.837. The minimum atomic E-state index is -4.56. The fourth-order valence-electron chi connectivity index (χ4n) is 3.13. The molecule has 1 atom stereocenters. The molecule has 2 aromatic heterocycles. The zero-order chi connectivity index (χ0) is 20.5. The monoisotopic (exact) mass is 392 g/mol. The molecule has 0 spiro atoms. The quantitative estimate of drug-likeness (QED) is 0.691. The molecule has 0 aliphatic heterocycles. The van der Waals surface area contributed by atoms with E-state index in [2.05, 4.69) is 10.1 Å². The summed E-state index contributed by atoms with van der Waals surface area (Å²) in [5, 5.41) is 4.13. The molecule has 3 rings (SSSR count). The largest absolute Gasteiger partial charge is 0.491 e. The van der Waals surface area contributed by atoms with Crippen molar-refractivity contribution in [1.82, 2.24) is 14.6 Å². The van der Waals surface area contributed by atoms with Gasteiger partial charge in [0.1, 0.15) is 12.4 Å². The van der Waals surface area contributed by atoms with E-state index in [0.717, 1.165) is 6.07 Å². The summed E-state index contributed by atoms with van der Waals surface area (Å²) < 4.78 is 47.9. The Balaban J connectivity index is 1.92. The molecule has 8 heteroatoms. The summed E-state index contributed by atoms with van der Waals surface area (Å²) in [5.74, 6) is -0.230. The fourth-order valence-corrected chi connectivity index (χ4v) is 3.13. The topological polar surface area (TPSA) is 65.4 Å². The maximum Gasteiger partial charge on any atom is 0.419 e. The lowest BCUT2D eigenvalue weighted by atomic mass is 9.89. The highest BCUT2D eigenvalue weighted by Gasteiger charge is 2.35. The van der Waals surface area contributed by atoms with Crippen LogP contribution in [-0.2, 0) is 6.18 Å². The van der Waals surface area contributed by atoms with Gasteiger partial charge in [-0.2, -0.15) is 18.3 Å². The zero-order valence-electron chi connectivity index (χ0n) is 16.0. The summed E-state index contributed by atoms with van der Waals surface area (Å²) >= 11 is 0. The van der Waals surface area contributed by atoms with Crippen LogP contribution in [0.4, 0.5) is 13.2 Å². The van der Waals surface area contributed by atoms with Gasteiger partial charge in [0, 0.05) is 23.9 Å². The minimum Gasteiger partial charge on any atom is -0.491 e. The predicted octanol–water partition coefficient (Wildman–Crippen LogP) is 4.56. The second-order valence-corrected chi connectivity index (χ2v) is 7.98. The molecule has 150 valence electrons. The SMILES string of the molecule is CC(C)(C)CC(N)COc1ccc(-c2ccnc3ccnn23)cc1C(F)(F)F. The van der Waals surface area contributed by atoms with Gasteiger partial charge in [-0.15, -0.1) is 0 Å². The highest BCUT2D eigenvalue weighted by Crippen LogP contribution is 2.39. The molecule has 0 aliphatic carbocycles. The Morgan fingerprint density at radius 2 is 1.86 bits per heavy atom. The first kappa shape index (κ1) is 20.1. The Morgan fingerprint density at radius 3 is 2.54 bits per heavy atom. The number of halogens is 3. The number of nitrogens with two attached hydrogens (primary N) is 1. The number of hydrogen-bond acceptors (Lipinski definition) is 4. The van der Waals surface area contributed by atoms with Crippen molar-refractivity contribution in [1.29, 1.82) is 0 Å². The number of nitrogens with zero attached hydrogens (tertiary/aromatic N) is 3.